The Morgan fingerprint density at radius 2 is 2.13 bits per heavy atom. The highest BCUT2D eigenvalue weighted by Crippen LogP contribution is 2.20. The summed E-state index contributed by atoms with van der Waals surface area (Å²) >= 11 is 0. The molecule has 0 aromatic carbocycles. The maximum atomic E-state index is 11.3. The van der Waals surface area contributed by atoms with Crippen LogP contribution in [-0.2, 0) is 4.74 Å². The molecule has 1 rings (SSSR count). The lowest BCUT2D eigenvalue weighted by atomic mass is 9.83. The zero-order chi connectivity index (χ0) is 11.5. The number of amides is 1. The molecular weight excluding hydrogens is 196 g/mol. The predicted octanol–water partition coefficient (Wildman–Crippen LogP) is 0.0930. The molecule has 1 saturated heterocycles. The van der Waals surface area contributed by atoms with E-state index < -0.39 is 11.7 Å². The summed E-state index contributed by atoms with van der Waals surface area (Å²) in [5, 5.41) is 14.9. The first-order chi connectivity index (χ1) is 6.87. The Balaban J connectivity index is 2.27. The quantitative estimate of drug-likeness (QED) is 0.625. The summed E-state index contributed by atoms with van der Waals surface area (Å²) in [7, 11) is 0. The van der Waals surface area contributed by atoms with Crippen LogP contribution in [0.2, 0.25) is 0 Å². The van der Waals surface area contributed by atoms with E-state index in [9.17, 15) is 4.79 Å². The fraction of sp³-hybridized carbons (Fsp3) is 0.900. The molecular formula is C10H20N2O3. The maximum Gasteiger partial charge on any atom is 0.407 e. The first-order valence-electron chi connectivity index (χ1n) is 5.15. The number of hydrogen-bond donors (Lipinski definition) is 3. The topological polar surface area (TPSA) is 70.6 Å². The third-order valence-electron chi connectivity index (χ3n) is 2.34. The summed E-state index contributed by atoms with van der Waals surface area (Å²) in [5.41, 5.74) is -0.675. The number of aliphatic hydroxyl groups excluding tert-OH is 1. The number of hydrogen-bond acceptors (Lipinski definition) is 4. The van der Waals surface area contributed by atoms with E-state index in [1.807, 2.05) is 20.8 Å². The van der Waals surface area contributed by atoms with Gasteiger partial charge in [0.15, 0.2) is 0 Å². The van der Waals surface area contributed by atoms with Crippen LogP contribution in [-0.4, -0.2) is 43.0 Å². The van der Waals surface area contributed by atoms with Gasteiger partial charge in [-0.15, -0.1) is 0 Å². The second-order valence-electron chi connectivity index (χ2n) is 5.12. The molecule has 15 heavy (non-hydrogen) atoms. The van der Waals surface area contributed by atoms with Crippen LogP contribution in [0.4, 0.5) is 4.79 Å². The van der Waals surface area contributed by atoms with Crippen molar-refractivity contribution in [3.05, 3.63) is 0 Å². The summed E-state index contributed by atoms with van der Waals surface area (Å²) in [6.45, 7) is 7.46. The number of nitrogens with one attached hydrogen (secondary N) is 2. The zero-order valence-electron chi connectivity index (χ0n) is 9.59. The van der Waals surface area contributed by atoms with Crippen molar-refractivity contribution in [2.75, 3.05) is 26.2 Å². The van der Waals surface area contributed by atoms with Crippen LogP contribution < -0.4 is 10.6 Å². The summed E-state index contributed by atoms with van der Waals surface area (Å²) in [6.07, 6.45) is -0.428. The van der Waals surface area contributed by atoms with E-state index >= 15 is 0 Å². The lowest BCUT2D eigenvalue weighted by molar-refractivity contribution is 0.0376. The monoisotopic (exact) mass is 216 g/mol. The molecule has 0 bridgehead atoms. The fourth-order valence-electron chi connectivity index (χ4n) is 1.35. The van der Waals surface area contributed by atoms with E-state index in [1.54, 1.807) is 0 Å². The number of aliphatic hydroxyl groups is 1. The Morgan fingerprint density at radius 1 is 1.53 bits per heavy atom. The standard InChI is InChI=1S/C10H20N2O3/c1-9(2,3)15-8(14)12-6-10(7-13)4-11-5-10/h11,13H,4-7H2,1-3H3,(H,12,14). The van der Waals surface area contributed by atoms with Gasteiger partial charge in [-0.1, -0.05) is 0 Å². The number of ether oxygens (including phenoxy) is 1. The van der Waals surface area contributed by atoms with E-state index in [0.29, 0.717) is 6.54 Å². The van der Waals surface area contributed by atoms with Gasteiger partial charge in [0.1, 0.15) is 5.60 Å². The predicted molar refractivity (Wildman–Crippen MR) is 56.6 cm³/mol. The highest BCUT2D eigenvalue weighted by atomic mass is 16.6. The molecule has 0 saturated carbocycles. The van der Waals surface area contributed by atoms with Gasteiger partial charge in [-0.3, -0.25) is 0 Å². The minimum absolute atomic E-state index is 0.0792. The number of rotatable bonds is 3. The van der Waals surface area contributed by atoms with Gasteiger partial charge in [-0.2, -0.15) is 0 Å². The van der Waals surface area contributed by atoms with Gasteiger partial charge in [0.2, 0.25) is 0 Å². The van der Waals surface area contributed by atoms with Crippen LogP contribution in [0.25, 0.3) is 0 Å². The Bertz CT molecular complexity index is 226. The number of carbonyl (C=O) groups excluding carboxylic acids is 1. The van der Waals surface area contributed by atoms with Crippen molar-refractivity contribution in [2.24, 2.45) is 5.41 Å². The first-order valence-corrected chi connectivity index (χ1v) is 5.15. The summed E-state index contributed by atoms with van der Waals surface area (Å²) < 4.78 is 5.09. The molecule has 1 aliphatic heterocycles. The van der Waals surface area contributed by atoms with Crippen LogP contribution in [0, 0.1) is 5.41 Å². The second kappa shape index (κ2) is 4.37. The molecule has 1 aliphatic rings. The van der Waals surface area contributed by atoms with Crippen molar-refractivity contribution in [1.82, 2.24) is 10.6 Å². The van der Waals surface area contributed by atoms with Crippen molar-refractivity contribution in [3.63, 3.8) is 0 Å². The minimum atomic E-state index is -0.478. The van der Waals surface area contributed by atoms with E-state index in [2.05, 4.69) is 10.6 Å². The van der Waals surface area contributed by atoms with Crippen LogP contribution in [0.5, 0.6) is 0 Å². The minimum Gasteiger partial charge on any atom is -0.444 e. The van der Waals surface area contributed by atoms with Crippen LogP contribution >= 0.6 is 0 Å². The van der Waals surface area contributed by atoms with E-state index in [-0.39, 0.29) is 12.0 Å². The highest BCUT2D eigenvalue weighted by molar-refractivity contribution is 5.67. The van der Waals surface area contributed by atoms with Gasteiger partial charge in [0.25, 0.3) is 0 Å². The first kappa shape index (κ1) is 12.3. The molecule has 0 aromatic rings. The van der Waals surface area contributed by atoms with Gasteiger partial charge in [-0.05, 0) is 20.8 Å². The SMILES string of the molecule is CC(C)(C)OC(=O)NCC1(CO)CNC1. The maximum absolute atomic E-state index is 11.3. The molecule has 1 fully saturated rings. The van der Waals surface area contributed by atoms with Crippen LogP contribution in [0.1, 0.15) is 20.8 Å². The van der Waals surface area contributed by atoms with E-state index in [0.717, 1.165) is 13.1 Å². The van der Waals surface area contributed by atoms with Crippen molar-refractivity contribution < 1.29 is 14.6 Å². The Hall–Kier alpha value is -0.810. The lowest BCUT2D eigenvalue weighted by Crippen LogP contribution is -2.61. The van der Waals surface area contributed by atoms with Crippen molar-refractivity contribution >= 4 is 6.09 Å². The zero-order valence-corrected chi connectivity index (χ0v) is 9.59. The number of carbonyl (C=O) groups is 1. The molecule has 1 amide bonds. The molecule has 5 heteroatoms. The van der Waals surface area contributed by atoms with Gasteiger partial charge >= 0.3 is 6.09 Å². The van der Waals surface area contributed by atoms with Gasteiger partial charge in [-0.25, -0.2) is 4.79 Å². The normalized spacial score (nSPS) is 19.2. The van der Waals surface area contributed by atoms with Crippen molar-refractivity contribution in [1.29, 1.82) is 0 Å². The molecule has 0 aromatic heterocycles. The summed E-state index contributed by atoms with van der Waals surface area (Å²) in [6, 6.07) is 0. The van der Waals surface area contributed by atoms with Gasteiger partial charge in [0, 0.05) is 25.0 Å². The average Bonchev–Trinajstić information content (AvgIpc) is 1.99. The van der Waals surface area contributed by atoms with Crippen LogP contribution in [0.3, 0.4) is 0 Å². The van der Waals surface area contributed by atoms with E-state index in [1.165, 1.54) is 0 Å². The second-order valence-corrected chi connectivity index (χ2v) is 5.12. The largest absolute Gasteiger partial charge is 0.444 e. The summed E-state index contributed by atoms with van der Waals surface area (Å²) in [5.74, 6) is 0. The fourth-order valence-corrected chi connectivity index (χ4v) is 1.35. The Morgan fingerprint density at radius 3 is 2.47 bits per heavy atom. The van der Waals surface area contributed by atoms with Crippen LogP contribution in [0.15, 0.2) is 0 Å². The molecule has 1 heterocycles. The summed E-state index contributed by atoms with van der Waals surface area (Å²) in [4.78, 5) is 11.3. The molecule has 88 valence electrons. The lowest BCUT2D eigenvalue weighted by Gasteiger charge is -2.41. The molecule has 0 spiro atoms. The third-order valence-corrected chi connectivity index (χ3v) is 2.34. The molecule has 0 unspecified atom stereocenters. The Kier molecular flexibility index (Phi) is 3.57. The van der Waals surface area contributed by atoms with Gasteiger partial charge < -0.3 is 20.5 Å². The highest BCUT2D eigenvalue weighted by Gasteiger charge is 2.36. The third kappa shape index (κ3) is 3.68. The average molecular weight is 216 g/mol. The number of alkyl carbamates (subject to hydrolysis) is 1. The van der Waals surface area contributed by atoms with Gasteiger partial charge in [0.05, 0.1) is 6.61 Å². The molecule has 5 nitrogen and oxygen atoms in total. The Labute approximate surface area is 90.2 Å². The molecule has 0 aliphatic carbocycles. The molecule has 0 atom stereocenters. The van der Waals surface area contributed by atoms with E-state index in [4.69, 9.17) is 9.84 Å². The smallest absolute Gasteiger partial charge is 0.407 e. The molecule has 0 radical (unpaired) electrons. The van der Waals surface area contributed by atoms with Crippen molar-refractivity contribution in [3.8, 4) is 0 Å². The van der Waals surface area contributed by atoms with Crippen molar-refractivity contribution in [2.45, 2.75) is 26.4 Å². The molecule has 3 N–H and O–H groups in total.